The van der Waals surface area contributed by atoms with Crippen molar-refractivity contribution in [2.75, 3.05) is 13.2 Å². The first-order chi connectivity index (χ1) is 12.8. The summed E-state index contributed by atoms with van der Waals surface area (Å²) in [5, 5.41) is 6.97. The molecule has 146 valence electrons. The van der Waals surface area contributed by atoms with Crippen molar-refractivity contribution in [1.82, 2.24) is 10.5 Å². The van der Waals surface area contributed by atoms with Crippen molar-refractivity contribution in [1.29, 1.82) is 0 Å². The molecule has 1 aromatic carbocycles. The smallest absolute Gasteiger partial charge is 0.289 e. The van der Waals surface area contributed by atoms with E-state index in [0.29, 0.717) is 6.54 Å². The Hall–Kier alpha value is -2.14. The fourth-order valence-corrected chi connectivity index (χ4v) is 4.04. The summed E-state index contributed by atoms with van der Waals surface area (Å²) < 4.78 is 11.1. The van der Waals surface area contributed by atoms with Gasteiger partial charge in [0.1, 0.15) is 0 Å². The second-order valence-corrected chi connectivity index (χ2v) is 8.46. The number of benzene rings is 1. The zero-order chi connectivity index (χ0) is 19.5. The average molecular weight is 370 g/mol. The lowest BCUT2D eigenvalue weighted by atomic mass is 9.67. The number of rotatable bonds is 6. The van der Waals surface area contributed by atoms with Gasteiger partial charge in [-0.25, -0.2) is 0 Å². The van der Waals surface area contributed by atoms with Crippen molar-refractivity contribution >= 4 is 5.91 Å². The monoisotopic (exact) mass is 370 g/mol. The van der Waals surface area contributed by atoms with Gasteiger partial charge in [0, 0.05) is 24.6 Å². The zero-order valence-electron chi connectivity index (χ0n) is 16.7. The van der Waals surface area contributed by atoms with E-state index in [9.17, 15) is 4.79 Å². The molecule has 2 heterocycles. The zero-order valence-corrected chi connectivity index (χ0v) is 16.7. The van der Waals surface area contributed by atoms with Gasteiger partial charge in [0.15, 0.2) is 0 Å². The fourth-order valence-electron chi connectivity index (χ4n) is 4.04. The molecule has 1 amide bonds. The van der Waals surface area contributed by atoms with E-state index in [-0.39, 0.29) is 28.6 Å². The van der Waals surface area contributed by atoms with Gasteiger partial charge in [-0.3, -0.25) is 4.79 Å². The SMILES string of the molecule is CC(C)c1cc(C(=O)NCC[C@@]2(c3ccccc3)CCOC(C)(C)C2)on1. The van der Waals surface area contributed by atoms with Gasteiger partial charge in [0.25, 0.3) is 5.91 Å². The van der Waals surface area contributed by atoms with Gasteiger partial charge in [-0.05, 0) is 44.6 Å². The van der Waals surface area contributed by atoms with Crippen LogP contribution in [0, 0.1) is 0 Å². The molecule has 0 spiro atoms. The topological polar surface area (TPSA) is 64.4 Å². The molecular weight excluding hydrogens is 340 g/mol. The predicted octanol–water partition coefficient (Wildman–Crippen LogP) is 4.44. The number of amides is 1. The van der Waals surface area contributed by atoms with Gasteiger partial charge in [-0.15, -0.1) is 0 Å². The lowest BCUT2D eigenvalue weighted by Gasteiger charge is -2.45. The third-order valence-corrected chi connectivity index (χ3v) is 5.46. The molecule has 5 heteroatoms. The third kappa shape index (κ3) is 4.59. The second kappa shape index (κ2) is 7.85. The Morgan fingerprint density at radius 2 is 2.00 bits per heavy atom. The van der Waals surface area contributed by atoms with Crippen molar-refractivity contribution < 1.29 is 14.1 Å². The first kappa shape index (κ1) is 19.6. The number of aromatic nitrogens is 1. The van der Waals surface area contributed by atoms with E-state index >= 15 is 0 Å². The largest absolute Gasteiger partial charge is 0.376 e. The standard InChI is InChI=1S/C22H30N2O3/c1-16(2)18-14-19(27-24-18)20(25)23-12-10-22(17-8-6-5-7-9-17)11-13-26-21(3,4)15-22/h5-9,14,16H,10-13,15H2,1-4H3,(H,23,25)/t22-/m1/s1. The average Bonchev–Trinajstić information content (AvgIpc) is 3.12. The maximum Gasteiger partial charge on any atom is 0.289 e. The van der Waals surface area contributed by atoms with E-state index in [1.54, 1.807) is 6.07 Å². The number of nitrogens with one attached hydrogen (secondary N) is 1. The highest BCUT2D eigenvalue weighted by molar-refractivity contribution is 5.91. The van der Waals surface area contributed by atoms with Crippen LogP contribution in [0.25, 0.3) is 0 Å². The molecule has 0 radical (unpaired) electrons. The summed E-state index contributed by atoms with van der Waals surface area (Å²) >= 11 is 0. The van der Waals surface area contributed by atoms with Crippen LogP contribution in [0.4, 0.5) is 0 Å². The lowest BCUT2D eigenvalue weighted by Crippen LogP contribution is -2.45. The first-order valence-electron chi connectivity index (χ1n) is 9.76. The molecular formula is C22H30N2O3. The third-order valence-electron chi connectivity index (χ3n) is 5.46. The minimum absolute atomic E-state index is 0.000791. The van der Waals surface area contributed by atoms with Crippen molar-refractivity contribution in [3.8, 4) is 0 Å². The molecule has 0 bridgehead atoms. The van der Waals surface area contributed by atoms with Gasteiger partial charge in [-0.1, -0.05) is 49.3 Å². The van der Waals surface area contributed by atoms with Crippen molar-refractivity contribution in [3.05, 3.63) is 53.4 Å². The molecule has 1 aromatic heterocycles. The number of hydrogen-bond acceptors (Lipinski definition) is 4. The molecule has 3 rings (SSSR count). The van der Waals surface area contributed by atoms with Crippen LogP contribution in [0.3, 0.4) is 0 Å². The summed E-state index contributed by atoms with van der Waals surface area (Å²) in [6.45, 7) is 9.65. The van der Waals surface area contributed by atoms with Gasteiger partial charge in [0.05, 0.1) is 11.3 Å². The van der Waals surface area contributed by atoms with Crippen LogP contribution in [0.15, 0.2) is 40.9 Å². The Morgan fingerprint density at radius 3 is 2.63 bits per heavy atom. The lowest BCUT2D eigenvalue weighted by molar-refractivity contribution is -0.0838. The Labute approximate surface area is 161 Å². The number of carbonyl (C=O) groups excluding carboxylic acids is 1. The van der Waals surface area contributed by atoms with Crippen LogP contribution in [0.1, 0.15) is 74.7 Å². The van der Waals surface area contributed by atoms with E-state index in [1.165, 1.54) is 5.56 Å². The highest BCUT2D eigenvalue weighted by Gasteiger charge is 2.41. The number of ether oxygens (including phenoxy) is 1. The molecule has 1 aliphatic rings. The Bertz CT molecular complexity index is 767. The predicted molar refractivity (Wildman–Crippen MR) is 105 cm³/mol. The molecule has 1 aliphatic heterocycles. The first-order valence-corrected chi connectivity index (χ1v) is 9.76. The summed E-state index contributed by atoms with van der Waals surface area (Å²) in [6.07, 6.45) is 2.75. The van der Waals surface area contributed by atoms with Gasteiger partial charge in [-0.2, -0.15) is 0 Å². The summed E-state index contributed by atoms with van der Waals surface area (Å²) in [4.78, 5) is 12.4. The van der Waals surface area contributed by atoms with Crippen LogP contribution in [0.2, 0.25) is 0 Å². The molecule has 2 aromatic rings. The molecule has 0 saturated carbocycles. The Balaban J connectivity index is 1.69. The van der Waals surface area contributed by atoms with Crippen LogP contribution in [-0.4, -0.2) is 29.8 Å². The summed E-state index contributed by atoms with van der Waals surface area (Å²) in [7, 11) is 0. The minimum Gasteiger partial charge on any atom is -0.376 e. The highest BCUT2D eigenvalue weighted by Crippen LogP contribution is 2.43. The second-order valence-electron chi connectivity index (χ2n) is 8.46. The fraction of sp³-hybridized carbons (Fsp3) is 0.545. The summed E-state index contributed by atoms with van der Waals surface area (Å²) in [6, 6.07) is 12.3. The normalized spacial score (nSPS) is 22.0. The van der Waals surface area contributed by atoms with Crippen molar-refractivity contribution in [2.45, 2.75) is 63.9 Å². The van der Waals surface area contributed by atoms with Crippen molar-refractivity contribution in [2.24, 2.45) is 0 Å². The quantitative estimate of drug-likeness (QED) is 0.816. The molecule has 1 N–H and O–H groups in total. The maximum absolute atomic E-state index is 12.4. The van der Waals surface area contributed by atoms with Gasteiger partial charge < -0.3 is 14.6 Å². The molecule has 27 heavy (non-hydrogen) atoms. The van der Waals surface area contributed by atoms with E-state index in [2.05, 4.69) is 48.6 Å². The number of carbonyl (C=O) groups is 1. The van der Waals surface area contributed by atoms with Gasteiger partial charge in [0.2, 0.25) is 5.76 Å². The molecule has 1 saturated heterocycles. The minimum atomic E-state index is -0.205. The highest BCUT2D eigenvalue weighted by atomic mass is 16.5. The van der Waals surface area contributed by atoms with E-state index in [4.69, 9.17) is 9.26 Å². The van der Waals surface area contributed by atoms with E-state index < -0.39 is 0 Å². The molecule has 0 aliphatic carbocycles. The van der Waals surface area contributed by atoms with E-state index in [1.807, 2.05) is 19.9 Å². The van der Waals surface area contributed by atoms with Crippen molar-refractivity contribution in [3.63, 3.8) is 0 Å². The Morgan fingerprint density at radius 1 is 1.26 bits per heavy atom. The van der Waals surface area contributed by atoms with Gasteiger partial charge >= 0.3 is 0 Å². The molecule has 0 unspecified atom stereocenters. The summed E-state index contributed by atoms with van der Waals surface area (Å²) in [5.74, 6) is 0.310. The maximum atomic E-state index is 12.4. The Kier molecular flexibility index (Phi) is 5.70. The van der Waals surface area contributed by atoms with Crippen LogP contribution in [0.5, 0.6) is 0 Å². The summed E-state index contributed by atoms with van der Waals surface area (Å²) in [5.41, 5.74) is 1.94. The van der Waals surface area contributed by atoms with Crippen LogP contribution >= 0.6 is 0 Å². The number of hydrogen-bond donors (Lipinski definition) is 1. The van der Waals surface area contributed by atoms with Crippen LogP contribution in [-0.2, 0) is 10.2 Å². The molecule has 5 nitrogen and oxygen atoms in total. The number of nitrogens with zero attached hydrogens (tertiary/aromatic N) is 1. The molecule has 1 atom stereocenters. The molecule has 1 fully saturated rings. The van der Waals surface area contributed by atoms with E-state index in [0.717, 1.165) is 31.6 Å². The van der Waals surface area contributed by atoms with Crippen LogP contribution < -0.4 is 5.32 Å².